The predicted octanol–water partition coefficient (Wildman–Crippen LogP) is 2.29. The molecule has 0 radical (unpaired) electrons. The van der Waals surface area contributed by atoms with E-state index in [2.05, 4.69) is 10.3 Å². The van der Waals surface area contributed by atoms with Crippen LogP contribution < -0.4 is 5.32 Å². The highest BCUT2D eigenvalue weighted by Gasteiger charge is 2.38. The number of aliphatic imine (C=N–C) groups is 1. The highest BCUT2D eigenvalue weighted by molar-refractivity contribution is 6.55. The number of aliphatic hydroxyl groups is 1. The molecule has 0 bridgehead atoms. The summed E-state index contributed by atoms with van der Waals surface area (Å²) in [5, 5.41) is 12.1. The average molecular weight is 322 g/mol. The largest absolute Gasteiger partial charge is 0.394 e. The first kappa shape index (κ1) is 16.1. The molecule has 1 atom stereocenters. The summed E-state index contributed by atoms with van der Waals surface area (Å²) in [6.45, 7) is 1.88. The van der Waals surface area contributed by atoms with Gasteiger partial charge in [-0.15, -0.1) is 0 Å². The summed E-state index contributed by atoms with van der Waals surface area (Å²) in [5.41, 5.74) is 2.75. The molecule has 1 aliphatic rings. The molecule has 0 spiro atoms. The third-order valence-electron chi connectivity index (χ3n) is 3.95. The topological polar surface area (TPSA) is 78.8 Å². The number of ketones is 2. The maximum atomic E-state index is 12.8. The van der Waals surface area contributed by atoms with Crippen LogP contribution in [0.2, 0.25) is 0 Å². The first-order chi connectivity index (χ1) is 11.6. The number of hydrogen-bond donors (Lipinski definition) is 2. The maximum Gasteiger partial charge on any atom is 0.210 e. The quantitative estimate of drug-likeness (QED) is 0.905. The summed E-state index contributed by atoms with van der Waals surface area (Å²) in [4.78, 5) is 29.7. The molecule has 5 nitrogen and oxygen atoms in total. The van der Waals surface area contributed by atoms with E-state index in [9.17, 15) is 9.59 Å². The number of benzene rings is 2. The summed E-state index contributed by atoms with van der Waals surface area (Å²) in [6.07, 6.45) is 0. The highest BCUT2D eigenvalue weighted by atomic mass is 16.3. The molecular weight excluding hydrogens is 304 g/mol. The lowest BCUT2D eigenvalue weighted by Gasteiger charge is -2.26. The molecule has 5 heteroatoms. The molecule has 2 aromatic rings. The van der Waals surface area contributed by atoms with E-state index in [0.717, 1.165) is 11.3 Å². The molecule has 2 aromatic carbocycles. The number of Topliss-reactive ketones (excluding diaryl/α,β-unsaturated/α-hetero) is 2. The van der Waals surface area contributed by atoms with E-state index < -0.39 is 6.04 Å². The van der Waals surface area contributed by atoms with Crippen LogP contribution in [0.1, 0.15) is 26.3 Å². The van der Waals surface area contributed by atoms with Gasteiger partial charge in [0.05, 0.1) is 13.2 Å². The number of carbonyl (C=O) groups is 2. The summed E-state index contributed by atoms with van der Waals surface area (Å²) in [7, 11) is 0. The minimum Gasteiger partial charge on any atom is -0.394 e. The van der Waals surface area contributed by atoms with Crippen LogP contribution in [0, 0.1) is 6.92 Å². The lowest BCUT2D eigenvalue weighted by atomic mass is 9.84. The van der Waals surface area contributed by atoms with Gasteiger partial charge in [-0.25, -0.2) is 0 Å². The molecule has 24 heavy (non-hydrogen) atoms. The molecule has 0 fully saturated rings. The SMILES string of the molecule is Cc1ccc(N[C@@H]2C(=O)c3ccccc3C(=O)C2=NCCO)cc1. The minimum absolute atomic E-state index is 0.0859. The van der Waals surface area contributed by atoms with Crippen LogP contribution in [0.25, 0.3) is 0 Å². The number of hydrogen-bond acceptors (Lipinski definition) is 5. The fourth-order valence-corrected chi connectivity index (χ4v) is 2.73. The number of nitrogens with one attached hydrogen (secondary N) is 1. The Morgan fingerprint density at radius 3 is 2.38 bits per heavy atom. The fourth-order valence-electron chi connectivity index (χ4n) is 2.73. The summed E-state index contributed by atoms with van der Waals surface area (Å²) >= 11 is 0. The third kappa shape index (κ3) is 2.98. The van der Waals surface area contributed by atoms with Crippen LogP contribution >= 0.6 is 0 Å². The van der Waals surface area contributed by atoms with Crippen LogP contribution in [0.5, 0.6) is 0 Å². The van der Waals surface area contributed by atoms with Crippen molar-refractivity contribution in [1.82, 2.24) is 0 Å². The van der Waals surface area contributed by atoms with Gasteiger partial charge in [-0.05, 0) is 19.1 Å². The molecule has 0 saturated carbocycles. The molecule has 0 unspecified atom stereocenters. The zero-order chi connectivity index (χ0) is 17.1. The molecular formula is C19H18N2O3. The monoisotopic (exact) mass is 322 g/mol. The molecule has 1 aliphatic carbocycles. The van der Waals surface area contributed by atoms with E-state index in [0.29, 0.717) is 11.1 Å². The number of aryl methyl sites for hydroxylation is 1. The van der Waals surface area contributed by atoms with Crippen molar-refractivity contribution in [2.75, 3.05) is 18.5 Å². The Morgan fingerprint density at radius 1 is 1.04 bits per heavy atom. The van der Waals surface area contributed by atoms with Crippen LogP contribution in [-0.4, -0.2) is 41.6 Å². The first-order valence-corrected chi connectivity index (χ1v) is 7.78. The Balaban J connectivity index is 2.02. The standard InChI is InChI=1S/C19H18N2O3/c1-12-6-8-13(9-7-12)21-17-16(20-10-11-22)18(23)14-4-2-3-5-15(14)19(17)24/h2-9,17,21-22H,10-11H2,1H3/t17-/m0/s1. The van der Waals surface area contributed by atoms with E-state index in [1.54, 1.807) is 24.3 Å². The molecule has 3 rings (SSSR count). The van der Waals surface area contributed by atoms with Gasteiger partial charge in [0.25, 0.3) is 0 Å². The van der Waals surface area contributed by atoms with E-state index in [1.165, 1.54) is 0 Å². The van der Waals surface area contributed by atoms with Crippen molar-refractivity contribution in [3.63, 3.8) is 0 Å². The van der Waals surface area contributed by atoms with Gasteiger partial charge >= 0.3 is 0 Å². The average Bonchev–Trinajstić information content (AvgIpc) is 2.61. The van der Waals surface area contributed by atoms with E-state index in [4.69, 9.17) is 5.11 Å². The summed E-state index contributed by atoms with van der Waals surface area (Å²) in [5.74, 6) is -0.467. The highest BCUT2D eigenvalue weighted by Crippen LogP contribution is 2.23. The Labute approximate surface area is 140 Å². The number of nitrogens with zero attached hydrogens (tertiary/aromatic N) is 1. The molecule has 122 valence electrons. The lowest BCUT2D eigenvalue weighted by Crippen LogP contribution is -2.46. The molecule has 0 aromatic heterocycles. The second-order valence-corrected chi connectivity index (χ2v) is 5.67. The third-order valence-corrected chi connectivity index (χ3v) is 3.95. The van der Waals surface area contributed by atoms with Crippen molar-refractivity contribution < 1.29 is 14.7 Å². The Hall–Kier alpha value is -2.79. The second-order valence-electron chi connectivity index (χ2n) is 5.67. The Morgan fingerprint density at radius 2 is 1.71 bits per heavy atom. The fraction of sp³-hybridized carbons (Fsp3) is 0.211. The minimum atomic E-state index is -0.846. The number of rotatable bonds is 4. The molecule has 0 saturated heterocycles. The second kappa shape index (κ2) is 6.76. The van der Waals surface area contributed by atoms with Crippen molar-refractivity contribution in [2.45, 2.75) is 13.0 Å². The van der Waals surface area contributed by atoms with Gasteiger partial charge in [-0.1, -0.05) is 42.0 Å². The number of carbonyl (C=O) groups excluding carboxylic acids is 2. The van der Waals surface area contributed by atoms with Gasteiger partial charge in [-0.3, -0.25) is 14.6 Å². The van der Waals surface area contributed by atoms with Crippen LogP contribution in [0.15, 0.2) is 53.5 Å². The smallest absolute Gasteiger partial charge is 0.210 e. The van der Waals surface area contributed by atoms with E-state index in [1.807, 2.05) is 31.2 Å². The zero-order valence-electron chi connectivity index (χ0n) is 13.3. The molecule has 0 amide bonds. The molecule has 0 aliphatic heterocycles. The van der Waals surface area contributed by atoms with Crippen LogP contribution in [0.4, 0.5) is 5.69 Å². The number of aliphatic hydroxyl groups excluding tert-OH is 1. The van der Waals surface area contributed by atoms with Crippen molar-refractivity contribution in [2.24, 2.45) is 4.99 Å². The maximum absolute atomic E-state index is 12.8. The van der Waals surface area contributed by atoms with Gasteiger partial charge in [0.2, 0.25) is 5.78 Å². The zero-order valence-corrected chi connectivity index (χ0v) is 13.3. The van der Waals surface area contributed by atoms with Crippen molar-refractivity contribution in [1.29, 1.82) is 0 Å². The lowest BCUT2D eigenvalue weighted by molar-refractivity contribution is 0.0954. The molecule has 0 heterocycles. The number of fused-ring (bicyclic) bond motifs is 1. The van der Waals surface area contributed by atoms with Crippen molar-refractivity contribution in [3.8, 4) is 0 Å². The van der Waals surface area contributed by atoms with Gasteiger partial charge in [0.15, 0.2) is 5.78 Å². The first-order valence-electron chi connectivity index (χ1n) is 7.78. The van der Waals surface area contributed by atoms with Crippen molar-refractivity contribution >= 4 is 23.0 Å². The van der Waals surface area contributed by atoms with Gasteiger partial charge in [-0.2, -0.15) is 0 Å². The number of anilines is 1. The van der Waals surface area contributed by atoms with Crippen molar-refractivity contribution in [3.05, 3.63) is 65.2 Å². The van der Waals surface area contributed by atoms with Crippen LogP contribution in [0.3, 0.4) is 0 Å². The predicted molar refractivity (Wildman–Crippen MR) is 93.1 cm³/mol. The Bertz CT molecular complexity index is 810. The van der Waals surface area contributed by atoms with Gasteiger partial charge < -0.3 is 10.4 Å². The van der Waals surface area contributed by atoms with E-state index in [-0.39, 0.29) is 30.4 Å². The normalized spacial score (nSPS) is 18.6. The van der Waals surface area contributed by atoms with Gasteiger partial charge in [0.1, 0.15) is 11.8 Å². The Kier molecular flexibility index (Phi) is 4.53. The summed E-state index contributed by atoms with van der Waals surface area (Å²) in [6, 6.07) is 13.5. The van der Waals surface area contributed by atoms with Gasteiger partial charge in [0, 0.05) is 16.8 Å². The molecule has 2 N–H and O–H groups in total. The van der Waals surface area contributed by atoms with Crippen LogP contribution in [-0.2, 0) is 0 Å². The summed E-state index contributed by atoms with van der Waals surface area (Å²) < 4.78 is 0. The van der Waals surface area contributed by atoms with E-state index >= 15 is 0 Å².